The lowest BCUT2D eigenvalue weighted by Gasteiger charge is -2.09. The topological polar surface area (TPSA) is 53.2 Å². The van der Waals surface area contributed by atoms with Crippen molar-refractivity contribution in [2.75, 3.05) is 20.1 Å². The summed E-state index contributed by atoms with van der Waals surface area (Å²) in [6, 6.07) is 0. The van der Waals surface area contributed by atoms with Gasteiger partial charge in [0.1, 0.15) is 0 Å². The molecule has 0 saturated carbocycles. The van der Waals surface area contributed by atoms with E-state index in [4.69, 9.17) is 12.2 Å². The minimum absolute atomic E-state index is 0.0221. The van der Waals surface area contributed by atoms with Gasteiger partial charge in [0, 0.05) is 26.6 Å². The van der Waals surface area contributed by atoms with Gasteiger partial charge in [-0.2, -0.15) is 0 Å². The minimum Gasteiger partial charge on any atom is -0.363 e. The standard InChI is InChI=1S/C9H19N3OS/c1-3-4-6-11-9(14)12-7-5-8(13)10-2/h3-7H2,1-2H3,(H,10,13)(H2,11,12,14). The number of rotatable bonds is 6. The Labute approximate surface area is 90.8 Å². The van der Waals surface area contributed by atoms with Crippen molar-refractivity contribution in [2.45, 2.75) is 26.2 Å². The van der Waals surface area contributed by atoms with Crippen LogP contribution >= 0.6 is 12.2 Å². The highest BCUT2D eigenvalue weighted by molar-refractivity contribution is 7.80. The summed E-state index contributed by atoms with van der Waals surface area (Å²) in [5, 5.41) is 9.21. The second-order valence-electron chi connectivity index (χ2n) is 2.96. The van der Waals surface area contributed by atoms with Crippen LogP contribution in [0.4, 0.5) is 0 Å². The highest BCUT2D eigenvalue weighted by Crippen LogP contribution is 1.82. The number of nitrogens with one attached hydrogen (secondary N) is 3. The molecule has 0 rings (SSSR count). The van der Waals surface area contributed by atoms with Crippen LogP contribution in [0.25, 0.3) is 0 Å². The first-order chi connectivity index (χ1) is 6.70. The maximum atomic E-state index is 10.8. The first-order valence-corrected chi connectivity index (χ1v) is 5.33. The molecule has 0 spiro atoms. The number of unbranched alkanes of at least 4 members (excludes halogenated alkanes) is 1. The second kappa shape index (κ2) is 8.74. The Morgan fingerprint density at radius 3 is 2.50 bits per heavy atom. The Morgan fingerprint density at radius 2 is 1.93 bits per heavy atom. The molecule has 0 radical (unpaired) electrons. The maximum absolute atomic E-state index is 10.8. The molecular weight excluding hydrogens is 198 g/mol. The van der Waals surface area contributed by atoms with Gasteiger partial charge in [-0.15, -0.1) is 0 Å². The predicted octanol–water partition coefficient (Wildman–Crippen LogP) is 0.387. The van der Waals surface area contributed by atoms with Crippen molar-refractivity contribution < 1.29 is 4.79 Å². The lowest BCUT2D eigenvalue weighted by Crippen LogP contribution is -2.37. The van der Waals surface area contributed by atoms with Crippen LogP contribution in [-0.4, -0.2) is 31.2 Å². The van der Waals surface area contributed by atoms with Crippen LogP contribution < -0.4 is 16.0 Å². The molecule has 14 heavy (non-hydrogen) atoms. The van der Waals surface area contributed by atoms with E-state index in [9.17, 15) is 4.79 Å². The van der Waals surface area contributed by atoms with Crippen LogP contribution in [0, 0.1) is 0 Å². The van der Waals surface area contributed by atoms with Crippen LogP contribution in [0.15, 0.2) is 0 Å². The van der Waals surface area contributed by atoms with Gasteiger partial charge >= 0.3 is 0 Å². The largest absolute Gasteiger partial charge is 0.363 e. The molecule has 82 valence electrons. The Hall–Kier alpha value is -0.840. The van der Waals surface area contributed by atoms with Gasteiger partial charge < -0.3 is 16.0 Å². The Balaban J connectivity index is 3.31. The molecule has 0 heterocycles. The summed E-state index contributed by atoms with van der Waals surface area (Å²) in [5.74, 6) is 0.0221. The molecular formula is C9H19N3OS. The summed E-state index contributed by atoms with van der Waals surface area (Å²) < 4.78 is 0. The molecule has 0 fully saturated rings. The van der Waals surface area contributed by atoms with Gasteiger partial charge in [0.2, 0.25) is 5.91 Å². The summed E-state index contributed by atoms with van der Waals surface area (Å²) in [6.07, 6.45) is 2.71. The van der Waals surface area contributed by atoms with E-state index >= 15 is 0 Å². The summed E-state index contributed by atoms with van der Waals surface area (Å²) in [4.78, 5) is 10.8. The molecule has 0 atom stereocenters. The van der Waals surface area contributed by atoms with Gasteiger partial charge in [-0.05, 0) is 18.6 Å². The van der Waals surface area contributed by atoms with E-state index in [1.807, 2.05) is 0 Å². The van der Waals surface area contributed by atoms with Gasteiger partial charge in [0.05, 0.1) is 0 Å². The molecule has 0 saturated heterocycles. The number of hydrogen-bond donors (Lipinski definition) is 3. The fourth-order valence-electron chi connectivity index (χ4n) is 0.856. The third-order valence-corrected chi connectivity index (χ3v) is 2.02. The van der Waals surface area contributed by atoms with Gasteiger partial charge in [-0.3, -0.25) is 4.79 Å². The Kier molecular flexibility index (Phi) is 8.22. The van der Waals surface area contributed by atoms with Crippen molar-refractivity contribution in [1.82, 2.24) is 16.0 Å². The molecule has 0 aromatic rings. The molecule has 1 amide bonds. The fourth-order valence-corrected chi connectivity index (χ4v) is 1.06. The van der Waals surface area contributed by atoms with Crippen molar-refractivity contribution >= 4 is 23.2 Å². The van der Waals surface area contributed by atoms with E-state index < -0.39 is 0 Å². The van der Waals surface area contributed by atoms with Crippen LogP contribution in [0.3, 0.4) is 0 Å². The van der Waals surface area contributed by atoms with E-state index in [1.165, 1.54) is 0 Å². The Bertz CT molecular complexity index is 185. The van der Waals surface area contributed by atoms with E-state index in [0.717, 1.165) is 19.4 Å². The Morgan fingerprint density at radius 1 is 1.29 bits per heavy atom. The molecule has 0 aliphatic heterocycles. The molecule has 0 aromatic heterocycles. The van der Waals surface area contributed by atoms with Crippen LogP contribution in [0.2, 0.25) is 0 Å². The number of carbonyl (C=O) groups is 1. The lowest BCUT2D eigenvalue weighted by molar-refractivity contribution is -0.120. The highest BCUT2D eigenvalue weighted by atomic mass is 32.1. The average Bonchev–Trinajstić information content (AvgIpc) is 2.18. The zero-order chi connectivity index (χ0) is 10.8. The van der Waals surface area contributed by atoms with Gasteiger partial charge in [0.15, 0.2) is 5.11 Å². The third-order valence-electron chi connectivity index (χ3n) is 1.73. The van der Waals surface area contributed by atoms with Crippen LogP contribution in [0.5, 0.6) is 0 Å². The predicted molar refractivity (Wildman–Crippen MR) is 62.2 cm³/mol. The SMILES string of the molecule is CCCCNC(=S)NCCC(=O)NC. The molecule has 5 heteroatoms. The van der Waals surface area contributed by atoms with Gasteiger partial charge in [-0.25, -0.2) is 0 Å². The molecule has 0 aliphatic carbocycles. The zero-order valence-corrected chi connectivity index (χ0v) is 9.67. The maximum Gasteiger partial charge on any atom is 0.221 e. The van der Waals surface area contributed by atoms with E-state index in [2.05, 4.69) is 22.9 Å². The monoisotopic (exact) mass is 217 g/mol. The van der Waals surface area contributed by atoms with Crippen LogP contribution in [0.1, 0.15) is 26.2 Å². The fraction of sp³-hybridized carbons (Fsp3) is 0.778. The highest BCUT2D eigenvalue weighted by Gasteiger charge is 1.98. The molecule has 4 nitrogen and oxygen atoms in total. The third kappa shape index (κ3) is 7.79. The summed E-state index contributed by atoms with van der Waals surface area (Å²) in [5.41, 5.74) is 0. The minimum atomic E-state index is 0.0221. The summed E-state index contributed by atoms with van der Waals surface area (Å²) in [6.45, 7) is 3.60. The first-order valence-electron chi connectivity index (χ1n) is 4.93. The molecule has 0 aromatic carbocycles. The average molecular weight is 217 g/mol. The lowest BCUT2D eigenvalue weighted by atomic mass is 10.3. The number of hydrogen-bond acceptors (Lipinski definition) is 2. The quantitative estimate of drug-likeness (QED) is 0.445. The molecule has 3 N–H and O–H groups in total. The van der Waals surface area contributed by atoms with E-state index in [0.29, 0.717) is 18.1 Å². The number of carbonyl (C=O) groups excluding carboxylic acids is 1. The van der Waals surface area contributed by atoms with Crippen molar-refractivity contribution in [2.24, 2.45) is 0 Å². The normalized spacial score (nSPS) is 9.29. The first kappa shape index (κ1) is 13.2. The number of amides is 1. The molecule has 0 unspecified atom stereocenters. The van der Waals surface area contributed by atoms with Gasteiger partial charge in [0.25, 0.3) is 0 Å². The van der Waals surface area contributed by atoms with Crippen molar-refractivity contribution in [3.05, 3.63) is 0 Å². The van der Waals surface area contributed by atoms with Crippen molar-refractivity contribution in [3.8, 4) is 0 Å². The number of thiocarbonyl (C=S) groups is 1. The summed E-state index contributed by atoms with van der Waals surface area (Å²) >= 11 is 5.00. The van der Waals surface area contributed by atoms with Crippen LogP contribution in [-0.2, 0) is 4.79 Å². The van der Waals surface area contributed by atoms with Crippen molar-refractivity contribution in [3.63, 3.8) is 0 Å². The van der Waals surface area contributed by atoms with E-state index in [-0.39, 0.29) is 5.91 Å². The second-order valence-corrected chi connectivity index (χ2v) is 3.37. The molecule has 0 bridgehead atoms. The zero-order valence-electron chi connectivity index (χ0n) is 8.85. The smallest absolute Gasteiger partial charge is 0.221 e. The summed E-state index contributed by atoms with van der Waals surface area (Å²) in [7, 11) is 1.63. The molecule has 0 aliphatic rings. The van der Waals surface area contributed by atoms with Gasteiger partial charge in [-0.1, -0.05) is 13.3 Å². The van der Waals surface area contributed by atoms with E-state index in [1.54, 1.807) is 7.05 Å². The van der Waals surface area contributed by atoms with Crippen molar-refractivity contribution in [1.29, 1.82) is 0 Å².